The van der Waals surface area contributed by atoms with E-state index in [4.69, 9.17) is 5.73 Å². The number of hydrogen-bond acceptors (Lipinski definition) is 4. The summed E-state index contributed by atoms with van der Waals surface area (Å²) in [6.45, 7) is 0.495. The zero-order valence-electron chi connectivity index (χ0n) is 9.73. The van der Waals surface area contributed by atoms with Crippen LogP contribution in [-0.2, 0) is 10.0 Å². The van der Waals surface area contributed by atoms with Gasteiger partial charge in [0.05, 0.1) is 4.90 Å². The van der Waals surface area contributed by atoms with Crippen LogP contribution in [0.15, 0.2) is 27.6 Å². The van der Waals surface area contributed by atoms with Crippen LogP contribution in [0.1, 0.15) is 12.8 Å². The molecule has 1 atom stereocenters. The standard InChI is InChI=1S/C11H15BrN2O2S2/c12-10-6-9(3-4-11(10)13)18(15,16)14-7-8-2-1-5-17-8/h3-4,6,8,14H,1-2,5,7,13H2. The number of nitrogen functional groups attached to an aromatic ring is 1. The first-order chi connectivity index (χ1) is 8.49. The molecule has 1 aromatic rings. The molecular weight excluding hydrogens is 336 g/mol. The van der Waals surface area contributed by atoms with Crippen molar-refractivity contribution >= 4 is 43.4 Å². The molecule has 0 aromatic heterocycles. The normalized spacial score (nSPS) is 20.2. The molecule has 1 aliphatic heterocycles. The Hall–Kier alpha value is -0.240. The molecule has 0 aliphatic carbocycles. The molecule has 1 unspecified atom stereocenters. The third kappa shape index (κ3) is 3.40. The van der Waals surface area contributed by atoms with Crippen molar-refractivity contribution in [3.8, 4) is 0 Å². The van der Waals surface area contributed by atoms with Crippen LogP contribution < -0.4 is 10.5 Å². The van der Waals surface area contributed by atoms with Crippen LogP contribution in [0, 0.1) is 0 Å². The van der Waals surface area contributed by atoms with Crippen LogP contribution in [0.2, 0.25) is 0 Å². The molecule has 1 aromatic carbocycles. The van der Waals surface area contributed by atoms with E-state index in [2.05, 4.69) is 20.7 Å². The molecule has 0 bridgehead atoms. The third-order valence-electron chi connectivity index (χ3n) is 2.81. The summed E-state index contributed by atoms with van der Waals surface area (Å²) in [5.74, 6) is 1.12. The van der Waals surface area contributed by atoms with Gasteiger partial charge in [-0.25, -0.2) is 13.1 Å². The van der Waals surface area contributed by atoms with Gasteiger partial charge in [0.1, 0.15) is 0 Å². The number of rotatable bonds is 4. The van der Waals surface area contributed by atoms with E-state index in [-0.39, 0.29) is 4.90 Å². The van der Waals surface area contributed by atoms with E-state index >= 15 is 0 Å². The number of halogens is 1. The van der Waals surface area contributed by atoms with Gasteiger partial charge in [0, 0.05) is 22.0 Å². The number of nitrogens with two attached hydrogens (primary N) is 1. The van der Waals surface area contributed by atoms with Crippen molar-refractivity contribution < 1.29 is 8.42 Å². The lowest BCUT2D eigenvalue weighted by Gasteiger charge is -2.11. The predicted molar refractivity (Wildman–Crippen MR) is 79.2 cm³/mol. The Balaban J connectivity index is 2.07. The van der Waals surface area contributed by atoms with Gasteiger partial charge >= 0.3 is 0 Å². The highest BCUT2D eigenvalue weighted by molar-refractivity contribution is 9.10. The van der Waals surface area contributed by atoms with Gasteiger partial charge in [-0.05, 0) is 52.7 Å². The number of anilines is 1. The lowest BCUT2D eigenvalue weighted by molar-refractivity contribution is 0.579. The van der Waals surface area contributed by atoms with E-state index < -0.39 is 10.0 Å². The second-order valence-corrected chi connectivity index (χ2v) is 8.20. The van der Waals surface area contributed by atoms with Crippen LogP contribution in [0.5, 0.6) is 0 Å². The summed E-state index contributed by atoms with van der Waals surface area (Å²) in [6, 6.07) is 4.63. The largest absolute Gasteiger partial charge is 0.398 e. The molecule has 18 heavy (non-hydrogen) atoms. The average Bonchev–Trinajstić information content (AvgIpc) is 2.83. The van der Waals surface area contributed by atoms with Crippen molar-refractivity contribution in [2.24, 2.45) is 0 Å². The fraction of sp³-hybridized carbons (Fsp3) is 0.455. The van der Waals surface area contributed by atoms with Crippen molar-refractivity contribution in [3.63, 3.8) is 0 Å². The van der Waals surface area contributed by atoms with Crippen molar-refractivity contribution in [2.45, 2.75) is 23.0 Å². The maximum atomic E-state index is 12.1. The van der Waals surface area contributed by atoms with Gasteiger partial charge in [-0.2, -0.15) is 11.8 Å². The van der Waals surface area contributed by atoms with E-state index in [1.54, 1.807) is 6.07 Å². The summed E-state index contributed by atoms with van der Waals surface area (Å²) in [6.07, 6.45) is 2.25. The maximum Gasteiger partial charge on any atom is 0.240 e. The number of benzene rings is 1. The highest BCUT2D eigenvalue weighted by Gasteiger charge is 2.20. The second-order valence-electron chi connectivity index (χ2n) is 4.17. The van der Waals surface area contributed by atoms with E-state index in [0.29, 0.717) is 22.0 Å². The number of nitrogens with one attached hydrogen (secondary N) is 1. The molecule has 0 amide bonds. The van der Waals surface area contributed by atoms with E-state index in [0.717, 1.165) is 12.2 Å². The van der Waals surface area contributed by atoms with Gasteiger partial charge in [0.2, 0.25) is 10.0 Å². The van der Waals surface area contributed by atoms with E-state index in [1.807, 2.05) is 11.8 Å². The smallest absolute Gasteiger partial charge is 0.240 e. The monoisotopic (exact) mass is 350 g/mol. The molecule has 1 saturated heterocycles. The van der Waals surface area contributed by atoms with Gasteiger partial charge in [-0.3, -0.25) is 0 Å². The zero-order chi connectivity index (χ0) is 13.2. The summed E-state index contributed by atoms with van der Waals surface area (Å²) in [5.41, 5.74) is 6.17. The Kier molecular flexibility index (Phi) is 4.58. The Morgan fingerprint density at radius 2 is 2.28 bits per heavy atom. The molecule has 2 rings (SSSR count). The minimum Gasteiger partial charge on any atom is -0.398 e. The van der Waals surface area contributed by atoms with Crippen LogP contribution in [0.4, 0.5) is 5.69 Å². The van der Waals surface area contributed by atoms with Gasteiger partial charge in [-0.15, -0.1) is 0 Å². The van der Waals surface area contributed by atoms with Crippen molar-refractivity contribution in [2.75, 3.05) is 18.0 Å². The Morgan fingerprint density at radius 1 is 1.50 bits per heavy atom. The minimum atomic E-state index is -3.44. The molecule has 1 fully saturated rings. The fourth-order valence-corrected chi connectivity index (χ4v) is 4.71. The maximum absolute atomic E-state index is 12.1. The highest BCUT2D eigenvalue weighted by atomic mass is 79.9. The lowest BCUT2D eigenvalue weighted by atomic mass is 10.2. The second kappa shape index (κ2) is 5.81. The highest BCUT2D eigenvalue weighted by Crippen LogP contribution is 2.26. The topological polar surface area (TPSA) is 72.2 Å². The molecule has 0 radical (unpaired) electrons. The van der Waals surface area contributed by atoms with Crippen LogP contribution in [-0.4, -0.2) is 26.0 Å². The van der Waals surface area contributed by atoms with E-state index in [9.17, 15) is 8.42 Å². The summed E-state index contributed by atoms with van der Waals surface area (Å²) in [4.78, 5) is 0.242. The Bertz CT molecular complexity index is 528. The van der Waals surface area contributed by atoms with Gasteiger partial charge < -0.3 is 5.73 Å². The summed E-state index contributed by atoms with van der Waals surface area (Å²) < 4.78 is 27.4. The first kappa shape index (κ1) is 14.2. The van der Waals surface area contributed by atoms with E-state index in [1.165, 1.54) is 18.6 Å². The molecule has 0 spiro atoms. The van der Waals surface area contributed by atoms with Gasteiger partial charge in [0.25, 0.3) is 0 Å². The molecule has 0 saturated carbocycles. The molecule has 1 heterocycles. The summed E-state index contributed by atoms with van der Waals surface area (Å²) >= 11 is 5.06. The quantitative estimate of drug-likeness (QED) is 0.816. The molecule has 100 valence electrons. The van der Waals surface area contributed by atoms with Gasteiger partial charge in [0.15, 0.2) is 0 Å². The van der Waals surface area contributed by atoms with Crippen molar-refractivity contribution in [3.05, 3.63) is 22.7 Å². The number of thioether (sulfide) groups is 1. The molecular formula is C11H15BrN2O2S2. The molecule has 4 nitrogen and oxygen atoms in total. The Labute approximate surface area is 120 Å². The average molecular weight is 351 g/mol. The van der Waals surface area contributed by atoms with Crippen molar-refractivity contribution in [1.82, 2.24) is 4.72 Å². The first-order valence-electron chi connectivity index (χ1n) is 5.65. The summed E-state index contributed by atoms with van der Waals surface area (Å²) in [7, 11) is -3.44. The molecule has 3 N–H and O–H groups in total. The van der Waals surface area contributed by atoms with Crippen LogP contribution in [0.3, 0.4) is 0 Å². The first-order valence-corrected chi connectivity index (χ1v) is 8.98. The zero-order valence-corrected chi connectivity index (χ0v) is 12.9. The molecule has 7 heteroatoms. The van der Waals surface area contributed by atoms with Crippen LogP contribution in [0.25, 0.3) is 0 Å². The molecule has 1 aliphatic rings. The van der Waals surface area contributed by atoms with Crippen LogP contribution >= 0.6 is 27.7 Å². The van der Waals surface area contributed by atoms with Crippen molar-refractivity contribution in [1.29, 1.82) is 0 Å². The predicted octanol–water partition coefficient (Wildman–Crippen LogP) is 2.21. The van der Waals surface area contributed by atoms with Gasteiger partial charge in [-0.1, -0.05) is 0 Å². The number of hydrogen-bond donors (Lipinski definition) is 2. The lowest BCUT2D eigenvalue weighted by Crippen LogP contribution is -2.29. The number of sulfonamides is 1. The third-order valence-corrected chi connectivity index (χ3v) is 6.31. The fourth-order valence-electron chi connectivity index (χ4n) is 1.77. The summed E-state index contributed by atoms with van der Waals surface area (Å²) in [5, 5.41) is 0.400. The minimum absolute atomic E-state index is 0.242. The Morgan fingerprint density at radius 3 is 2.89 bits per heavy atom. The SMILES string of the molecule is Nc1ccc(S(=O)(=O)NCC2CCCS2)cc1Br.